The Balaban J connectivity index is 1.72. The number of rotatable bonds is 5. The van der Waals surface area contributed by atoms with E-state index in [0.29, 0.717) is 11.3 Å². The lowest BCUT2D eigenvalue weighted by Gasteiger charge is -2.35. The molecule has 2 aliphatic heterocycles. The Kier molecular flexibility index (Phi) is 4.43. The van der Waals surface area contributed by atoms with Gasteiger partial charge in [0, 0.05) is 5.39 Å². The van der Waals surface area contributed by atoms with Crippen LogP contribution < -0.4 is 9.90 Å². The normalized spacial score (nSPS) is 14.1. The van der Waals surface area contributed by atoms with Gasteiger partial charge in [-0.15, -0.1) is 0 Å². The number of carbonyl (C=O) groups is 1. The second-order valence-corrected chi connectivity index (χ2v) is 6.53. The van der Waals surface area contributed by atoms with Crippen LogP contribution in [0.4, 0.5) is 5.69 Å². The Labute approximate surface area is 162 Å². The molecule has 2 aromatic carbocycles. The van der Waals surface area contributed by atoms with Gasteiger partial charge in [0.2, 0.25) is 0 Å². The maximum Gasteiger partial charge on any atom is 0.360 e. The average molecular weight is 380 g/mol. The van der Waals surface area contributed by atoms with Crippen molar-refractivity contribution in [3.8, 4) is 5.75 Å². The van der Waals surface area contributed by atoms with Crippen LogP contribution in [0.3, 0.4) is 0 Å². The van der Waals surface area contributed by atoms with E-state index in [9.17, 15) is 4.79 Å². The molecule has 0 amide bonds. The van der Waals surface area contributed by atoms with Crippen molar-refractivity contribution in [1.82, 2.24) is 0 Å². The molecule has 0 radical (unpaired) electrons. The molecule has 5 rings (SSSR count). The van der Waals surface area contributed by atoms with Gasteiger partial charge in [0.25, 0.3) is 0 Å². The van der Waals surface area contributed by atoms with E-state index >= 15 is 0 Å². The molecule has 7 nitrogen and oxygen atoms in total. The first-order chi connectivity index (χ1) is 13.5. The highest BCUT2D eigenvalue weighted by Gasteiger charge is 2.33. The Hall–Kier alpha value is -3.48. The minimum Gasteiger partial charge on any atom is -0.464 e. The molecule has 7 heteroatoms. The minimum atomic E-state index is -0.595. The molecule has 2 bridgehead atoms. The van der Waals surface area contributed by atoms with Crippen molar-refractivity contribution in [2.24, 2.45) is 5.16 Å². The summed E-state index contributed by atoms with van der Waals surface area (Å²) in [6.45, 7) is 3.90. The van der Waals surface area contributed by atoms with E-state index in [1.807, 2.05) is 56.3 Å². The number of para-hydroxylation sites is 1. The van der Waals surface area contributed by atoms with Crippen LogP contribution in [0, 0.1) is 6.92 Å². The van der Waals surface area contributed by atoms with Crippen LogP contribution in [0.1, 0.15) is 29.9 Å². The van der Waals surface area contributed by atoms with Crippen molar-refractivity contribution in [1.29, 1.82) is 0 Å². The summed E-state index contributed by atoms with van der Waals surface area (Å²) in [5.74, 6) is 0.711. The molecule has 1 unspecified atom stereocenters. The van der Waals surface area contributed by atoms with E-state index in [1.54, 1.807) is 5.06 Å². The lowest BCUT2D eigenvalue weighted by molar-refractivity contribution is -0.132. The molecule has 3 heterocycles. The fourth-order valence-corrected chi connectivity index (χ4v) is 3.34. The number of hydroxylamine groups is 1. The van der Waals surface area contributed by atoms with Crippen molar-refractivity contribution >= 4 is 28.3 Å². The molecule has 0 N–H and O–H groups in total. The van der Waals surface area contributed by atoms with Crippen LogP contribution in [0.25, 0.3) is 11.0 Å². The molecule has 2 aliphatic rings. The number of furan rings is 1. The lowest BCUT2D eigenvalue weighted by atomic mass is 10.0. The Morgan fingerprint density at radius 2 is 1.96 bits per heavy atom. The predicted octanol–water partition coefficient (Wildman–Crippen LogP) is 4.14. The van der Waals surface area contributed by atoms with Gasteiger partial charge in [-0.2, -0.15) is 5.06 Å². The third kappa shape index (κ3) is 2.85. The molecule has 0 saturated heterocycles. The zero-order valence-corrected chi connectivity index (χ0v) is 16.1. The van der Waals surface area contributed by atoms with Gasteiger partial charge < -0.3 is 18.8 Å². The Morgan fingerprint density at radius 1 is 1.18 bits per heavy atom. The summed E-state index contributed by atoms with van der Waals surface area (Å²) >= 11 is 0. The van der Waals surface area contributed by atoms with E-state index < -0.39 is 5.97 Å². The number of methoxy groups -OCH3 is 1. The summed E-state index contributed by atoms with van der Waals surface area (Å²) in [6, 6.07) is 13.5. The number of esters is 1. The fourth-order valence-electron chi connectivity index (χ4n) is 3.34. The van der Waals surface area contributed by atoms with Crippen LogP contribution in [-0.2, 0) is 14.4 Å². The van der Waals surface area contributed by atoms with Crippen molar-refractivity contribution in [3.05, 3.63) is 59.4 Å². The van der Waals surface area contributed by atoms with Crippen LogP contribution in [0.2, 0.25) is 0 Å². The smallest absolute Gasteiger partial charge is 0.360 e. The molecule has 1 atom stereocenters. The third-order valence-electron chi connectivity index (χ3n) is 4.73. The number of benzene rings is 2. The molecular weight excluding hydrogens is 360 g/mol. The summed E-state index contributed by atoms with van der Waals surface area (Å²) < 4.78 is 10.8. The zero-order valence-electron chi connectivity index (χ0n) is 16.1. The zero-order chi connectivity index (χ0) is 19.8. The van der Waals surface area contributed by atoms with Gasteiger partial charge in [-0.25, -0.2) is 4.79 Å². The topological polar surface area (TPSA) is 73.5 Å². The molecule has 28 heavy (non-hydrogen) atoms. The van der Waals surface area contributed by atoms with Gasteiger partial charge in [-0.3, -0.25) is 0 Å². The van der Waals surface area contributed by atoms with E-state index in [2.05, 4.69) is 5.16 Å². The fraction of sp³-hybridized carbons (Fsp3) is 0.238. The minimum absolute atomic E-state index is 0.0565. The molecule has 1 aromatic heterocycles. The van der Waals surface area contributed by atoms with Gasteiger partial charge in [0.1, 0.15) is 24.5 Å². The Morgan fingerprint density at radius 3 is 2.64 bits per heavy atom. The van der Waals surface area contributed by atoms with Gasteiger partial charge >= 0.3 is 5.97 Å². The molecule has 3 aromatic rings. The number of fused-ring (bicyclic) bond motifs is 4. The van der Waals surface area contributed by atoms with Gasteiger partial charge in [0.15, 0.2) is 11.5 Å². The van der Waals surface area contributed by atoms with Crippen LogP contribution in [0.5, 0.6) is 5.75 Å². The summed E-state index contributed by atoms with van der Waals surface area (Å²) in [5, 5.41) is 6.61. The summed E-state index contributed by atoms with van der Waals surface area (Å²) in [7, 11) is 2.67. The van der Waals surface area contributed by atoms with Crippen molar-refractivity contribution in [2.45, 2.75) is 19.9 Å². The van der Waals surface area contributed by atoms with Crippen LogP contribution >= 0.6 is 0 Å². The van der Waals surface area contributed by atoms with E-state index in [1.165, 1.54) is 14.2 Å². The summed E-state index contributed by atoms with van der Waals surface area (Å²) in [4.78, 5) is 23.1. The van der Waals surface area contributed by atoms with E-state index in [4.69, 9.17) is 18.8 Å². The van der Waals surface area contributed by atoms with Crippen molar-refractivity contribution in [3.63, 3.8) is 0 Å². The molecule has 0 spiro atoms. The molecular formula is C21H20N2O5. The monoisotopic (exact) mass is 380 g/mol. The number of anilines is 1. The lowest BCUT2D eigenvalue weighted by Crippen LogP contribution is -2.35. The first-order valence-electron chi connectivity index (χ1n) is 8.83. The second kappa shape index (κ2) is 6.92. The average Bonchev–Trinajstić information content (AvgIpc) is 3.15. The first kappa shape index (κ1) is 17.9. The number of ether oxygens (including phenoxy) is 1. The molecule has 144 valence electrons. The van der Waals surface area contributed by atoms with Gasteiger partial charge in [-0.1, -0.05) is 23.4 Å². The van der Waals surface area contributed by atoms with Gasteiger partial charge in [-0.05, 0) is 43.7 Å². The molecule has 0 saturated carbocycles. The predicted molar refractivity (Wildman–Crippen MR) is 104 cm³/mol. The largest absolute Gasteiger partial charge is 0.464 e. The number of oxime groups is 1. The quantitative estimate of drug-likeness (QED) is 0.376. The first-order valence-corrected chi connectivity index (χ1v) is 8.83. The highest BCUT2D eigenvalue weighted by molar-refractivity contribution is 6.44. The SMILES string of the molecule is CON=C(C(=O)OC)c1cc2cc(C)c1ON2C(C)c1cc2ccccc2o1. The Bertz CT molecular complexity index is 1050. The van der Waals surface area contributed by atoms with E-state index in [0.717, 1.165) is 28.0 Å². The summed E-state index contributed by atoms with van der Waals surface area (Å²) in [6.07, 6.45) is 0. The number of nitrogens with zero attached hydrogens (tertiary/aromatic N) is 2. The van der Waals surface area contributed by atoms with Crippen LogP contribution in [-0.4, -0.2) is 25.9 Å². The maximum absolute atomic E-state index is 12.1. The number of hydrogen-bond donors (Lipinski definition) is 0. The van der Waals surface area contributed by atoms with Crippen LogP contribution in [0.15, 0.2) is 52.0 Å². The van der Waals surface area contributed by atoms with E-state index in [-0.39, 0.29) is 11.8 Å². The highest BCUT2D eigenvalue weighted by Crippen LogP contribution is 2.41. The van der Waals surface area contributed by atoms with Crippen molar-refractivity contribution < 1.29 is 23.6 Å². The second-order valence-electron chi connectivity index (χ2n) is 6.53. The molecule has 0 aliphatic carbocycles. The number of aryl methyl sites for hydroxylation is 1. The maximum atomic E-state index is 12.1. The highest BCUT2D eigenvalue weighted by atomic mass is 16.7. The third-order valence-corrected chi connectivity index (χ3v) is 4.73. The van der Waals surface area contributed by atoms with Crippen molar-refractivity contribution in [2.75, 3.05) is 19.3 Å². The van der Waals surface area contributed by atoms with Gasteiger partial charge in [0.05, 0.1) is 18.4 Å². The number of hydrogen-bond acceptors (Lipinski definition) is 7. The summed E-state index contributed by atoms with van der Waals surface area (Å²) in [5.41, 5.74) is 3.07. The standard InChI is InChI=1S/C21H20N2O5/c1-12-9-15-11-16(19(22-26-4)21(24)25-3)20(12)28-23(15)13(2)18-10-14-7-5-6-8-17(14)27-18/h5-11,13H,1-4H3. The molecule has 0 fully saturated rings. The number of carbonyl (C=O) groups excluding carboxylic acids is 1.